The number of anilines is 1. The van der Waals surface area contributed by atoms with E-state index in [9.17, 15) is 0 Å². The molecule has 0 aliphatic heterocycles. The standard InChI is InChI=1S/C24H18Cl3NO/c25-18-10-11-23(22(27)13-18)28-14-20-19-7-3-1-5-16(19)9-12-24(20)29-15-17-6-2-4-8-21(17)26/h1-13,28H,14-15H2. The zero-order chi connectivity index (χ0) is 20.2. The van der Waals surface area contributed by atoms with Crippen molar-refractivity contribution in [3.05, 3.63) is 105 Å². The molecule has 29 heavy (non-hydrogen) atoms. The second-order valence-electron chi connectivity index (χ2n) is 6.62. The molecule has 1 N–H and O–H groups in total. The molecule has 0 saturated heterocycles. The van der Waals surface area contributed by atoms with Crippen molar-refractivity contribution in [2.45, 2.75) is 13.2 Å². The molecule has 0 amide bonds. The molecule has 0 bridgehead atoms. The maximum absolute atomic E-state index is 6.32. The Bertz CT molecular complexity index is 1160. The summed E-state index contributed by atoms with van der Waals surface area (Å²) in [6.07, 6.45) is 0. The maximum Gasteiger partial charge on any atom is 0.125 e. The maximum atomic E-state index is 6.32. The Morgan fingerprint density at radius 3 is 2.38 bits per heavy atom. The molecule has 0 unspecified atom stereocenters. The molecule has 4 rings (SSSR count). The van der Waals surface area contributed by atoms with E-state index < -0.39 is 0 Å². The van der Waals surface area contributed by atoms with Crippen molar-refractivity contribution < 1.29 is 4.74 Å². The van der Waals surface area contributed by atoms with Gasteiger partial charge in [-0.05, 0) is 41.1 Å². The Hall–Kier alpha value is -2.39. The van der Waals surface area contributed by atoms with E-state index in [-0.39, 0.29) is 0 Å². The van der Waals surface area contributed by atoms with Gasteiger partial charge in [0.15, 0.2) is 0 Å². The molecule has 0 spiro atoms. The van der Waals surface area contributed by atoms with Crippen molar-refractivity contribution >= 4 is 51.3 Å². The molecule has 0 aromatic heterocycles. The van der Waals surface area contributed by atoms with Crippen LogP contribution in [-0.4, -0.2) is 0 Å². The zero-order valence-corrected chi connectivity index (χ0v) is 17.7. The lowest BCUT2D eigenvalue weighted by atomic mass is 10.0. The third kappa shape index (κ3) is 4.62. The number of rotatable bonds is 6. The minimum Gasteiger partial charge on any atom is -0.488 e. The highest BCUT2D eigenvalue weighted by molar-refractivity contribution is 6.36. The molecule has 0 radical (unpaired) electrons. The van der Waals surface area contributed by atoms with Gasteiger partial charge in [0.2, 0.25) is 0 Å². The van der Waals surface area contributed by atoms with E-state index in [1.807, 2.05) is 54.6 Å². The predicted molar refractivity (Wildman–Crippen MR) is 124 cm³/mol. The van der Waals surface area contributed by atoms with Crippen LogP contribution < -0.4 is 10.1 Å². The van der Waals surface area contributed by atoms with Gasteiger partial charge in [0.25, 0.3) is 0 Å². The molecule has 2 nitrogen and oxygen atoms in total. The molecule has 5 heteroatoms. The Kier molecular flexibility index (Phi) is 6.15. The average molecular weight is 443 g/mol. The van der Waals surface area contributed by atoms with Gasteiger partial charge in [-0.3, -0.25) is 0 Å². The van der Waals surface area contributed by atoms with Crippen molar-refractivity contribution in [3.8, 4) is 5.75 Å². The van der Waals surface area contributed by atoms with Crippen molar-refractivity contribution in [3.63, 3.8) is 0 Å². The molecule has 4 aromatic carbocycles. The summed E-state index contributed by atoms with van der Waals surface area (Å²) in [5.74, 6) is 0.807. The Morgan fingerprint density at radius 2 is 1.55 bits per heavy atom. The van der Waals surface area contributed by atoms with E-state index in [1.54, 1.807) is 6.07 Å². The third-order valence-electron chi connectivity index (χ3n) is 4.73. The van der Waals surface area contributed by atoms with Crippen LogP contribution in [-0.2, 0) is 13.2 Å². The van der Waals surface area contributed by atoms with Gasteiger partial charge >= 0.3 is 0 Å². The normalized spacial score (nSPS) is 10.9. The number of fused-ring (bicyclic) bond motifs is 1. The van der Waals surface area contributed by atoms with Gasteiger partial charge in [0.05, 0.1) is 10.7 Å². The summed E-state index contributed by atoms with van der Waals surface area (Å²) in [6, 6.07) is 25.4. The number of hydrogen-bond donors (Lipinski definition) is 1. The van der Waals surface area contributed by atoms with Gasteiger partial charge in [0.1, 0.15) is 12.4 Å². The van der Waals surface area contributed by atoms with Crippen molar-refractivity contribution in [2.24, 2.45) is 0 Å². The van der Waals surface area contributed by atoms with Crippen LogP contribution in [0.5, 0.6) is 5.75 Å². The first kappa shape index (κ1) is 19.9. The van der Waals surface area contributed by atoms with Crippen LogP contribution >= 0.6 is 34.8 Å². The Balaban J connectivity index is 1.64. The molecular weight excluding hydrogens is 425 g/mol. The molecule has 4 aromatic rings. The first-order valence-electron chi connectivity index (χ1n) is 9.17. The number of hydrogen-bond acceptors (Lipinski definition) is 2. The van der Waals surface area contributed by atoms with Crippen LogP contribution in [0.2, 0.25) is 15.1 Å². The molecular formula is C24H18Cl3NO. The van der Waals surface area contributed by atoms with E-state index in [1.165, 1.54) is 0 Å². The van der Waals surface area contributed by atoms with E-state index >= 15 is 0 Å². The molecule has 0 saturated carbocycles. The topological polar surface area (TPSA) is 21.3 Å². The highest BCUT2D eigenvalue weighted by atomic mass is 35.5. The van der Waals surface area contributed by atoms with E-state index in [4.69, 9.17) is 39.5 Å². The average Bonchev–Trinajstić information content (AvgIpc) is 2.73. The summed E-state index contributed by atoms with van der Waals surface area (Å²) in [6.45, 7) is 0.952. The third-order valence-corrected chi connectivity index (χ3v) is 5.64. The van der Waals surface area contributed by atoms with Crippen molar-refractivity contribution in [1.29, 1.82) is 0 Å². The molecule has 0 aliphatic rings. The van der Waals surface area contributed by atoms with E-state index in [0.717, 1.165) is 33.3 Å². The molecule has 146 valence electrons. The minimum absolute atomic E-state index is 0.396. The second kappa shape index (κ2) is 8.96. The second-order valence-corrected chi connectivity index (χ2v) is 7.87. The van der Waals surface area contributed by atoms with Crippen molar-refractivity contribution in [2.75, 3.05) is 5.32 Å². The summed E-state index contributed by atoms with van der Waals surface area (Å²) in [5.41, 5.74) is 2.82. The molecule has 0 fully saturated rings. The summed E-state index contributed by atoms with van der Waals surface area (Å²) >= 11 is 18.6. The Labute approximate surface area is 185 Å². The fourth-order valence-electron chi connectivity index (χ4n) is 3.22. The lowest BCUT2D eigenvalue weighted by Crippen LogP contribution is -2.05. The summed E-state index contributed by atoms with van der Waals surface area (Å²) < 4.78 is 6.17. The highest BCUT2D eigenvalue weighted by Gasteiger charge is 2.11. The lowest BCUT2D eigenvalue weighted by molar-refractivity contribution is 0.304. The van der Waals surface area contributed by atoms with Crippen LogP contribution in [0.15, 0.2) is 78.9 Å². The Morgan fingerprint density at radius 1 is 0.759 bits per heavy atom. The number of nitrogens with one attached hydrogen (secondary N) is 1. The van der Waals surface area contributed by atoms with Crippen LogP contribution in [0, 0.1) is 0 Å². The molecule has 0 aliphatic carbocycles. The quantitative estimate of drug-likeness (QED) is 0.327. The predicted octanol–water partition coefficient (Wildman–Crippen LogP) is 7.99. The van der Waals surface area contributed by atoms with Crippen LogP contribution in [0.25, 0.3) is 10.8 Å². The molecule has 0 heterocycles. The van der Waals surface area contributed by atoms with Crippen LogP contribution in [0.4, 0.5) is 5.69 Å². The first-order chi connectivity index (χ1) is 14.1. The van der Waals surface area contributed by atoms with Gasteiger partial charge < -0.3 is 10.1 Å². The monoisotopic (exact) mass is 441 g/mol. The SMILES string of the molecule is Clc1ccc(NCc2c(OCc3ccccc3Cl)ccc3ccccc23)c(Cl)c1. The summed E-state index contributed by atoms with van der Waals surface area (Å²) in [5, 5.41) is 7.56. The molecule has 0 atom stereocenters. The smallest absolute Gasteiger partial charge is 0.125 e. The summed E-state index contributed by atoms with van der Waals surface area (Å²) in [4.78, 5) is 0. The van der Waals surface area contributed by atoms with Crippen LogP contribution in [0.3, 0.4) is 0 Å². The minimum atomic E-state index is 0.396. The van der Waals surface area contributed by atoms with E-state index in [2.05, 4.69) is 23.5 Å². The fourth-order valence-corrected chi connectivity index (χ4v) is 3.89. The van der Waals surface area contributed by atoms with Gasteiger partial charge in [-0.1, -0.05) is 83.3 Å². The van der Waals surface area contributed by atoms with E-state index in [0.29, 0.717) is 28.2 Å². The first-order valence-corrected chi connectivity index (χ1v) is 10.3. The zero-order valence-electron chi connectivity index (χ0n) is 15.5. The van der Waals surface area contributed by atoms with Gasteiger partial charge in [-0.25, -0.2) is 0 Å². The van der Waals surface area contributed by atoms with Crippen molar-refractivity contribution in [1.82, 2.24) is 0 Å². The number of halogens is 3. The fraction of sp³-hybridized carbons (Fsp3) is 0.0833. The number of ether oxygens (including phenoxy) is 1. The van der Waals surface area contributed by atoms with Gasteiger partial charge in [-0.15, -0.1) is 0 Å². The largest absolute Gasteiger partial charge is 0.488 e. The van der Waals surface area contributed by atoms with Crippen LogP contribution in [0.1, 0.15) is 11.1 Å². The van der Waals surface area contributed by atoms with Gasteiger partial charge in [-0.2, -0.15) is 0 Å². The lowest BCUT2D eigenvalue weighted by Gasteiger charge is -2.16. The number of benzene rings is 4. The highest BCUT2D eigenvalue weighted by Crippen LogP contribution is 2.32. The summed E-state index contributed by atoms with van der Waals surface area (Å²) in [7, 11) is 0. The van der Waals surface area contributed by atoms with Gasteiger partial charge in [0, 0.05) is 27.7 Å².